The van der Waals surface area contributed by atoms with Gasteiger partial charge in [0.05, 0.1) is 28.2 Å². The molecule has 0 radical (unpaired) electrons. The molecule has 0 saturated heterocycles. The number of fused-ring (bicyclic) bond motifs is 1. The molecule has 1 aromatic rings. The number of carbonyl (C=O) groups excluding carboxylic acids is 2. The summed E-state index contributed by atoms with van der Waals surface area (Å²) >= 11 is 0. The van der Waals surface area contributed by atoms with Crippen molar-refractivity contribution in [2.45, 2.75) is 26.3 Å². The highest BCUT2D eigenvalue weighted by Crippen LogP contribution is 2.22. The summed E-state index contributed by atoms with van der Waals surface area (Å²) in [6.07, 6.45) is 0. The number of imide groups is 1. The summed E-state index contributed by atoms with van der Waals surface area (Å²) in [6, 6.07) is 6.42. The van der Waals surface area contributed by atoms with E-state index in [0.29, 0.717) is 11.1 Å². The van der Waals surface area contributed by atoms with Gasteiger partial charge >= 0.3 is 0 Å². The summed E-state index contributed by atoms with van der Waals surface area (Å²) in [5.74, 6) is -0.988. The maximum Gasteiger partial charge on any atom is 0.264 e. The predicted octanol–water partition coefficient (Wildman–Crippen LogP) is 1.14. The van der Waals surface area contributed by atoms with Crippen LogP contribution in [0.4, 0.5) is 0 Å². The lowest BCUT2D eigenvalue weighted by molar-refractivity contribution is -0.725. The number of carbonyl (C=O) groups is 2. The highest BCUT2D eigenvalue weighted by Gasteiger charge is 2.36. The molecule has 1 N–H and O–H groups in total. The van der Waals surface area contributed by atoms with Crippen molar-refractivity contribution in [3.8, 4) is 0 Å². The highest BCUT2D eigenvalue weighted by atomic mass is 16.7. The average molecular weight is 336 g/mol. The lowest BCUT2D eigenvalue weighted by Gasteiger charge is -2.29. The van der Waals surface area contributed by atoms with E-state index in [1.54, 1.807) is 45.0 Å². The second-order valence-corrected chi connectivity index (χ2v) is 6.19. The fourth-order valence-electron chi connectivity index (χ4n) is 2.31. The van der Waals surface area contributed by atoms with Crippen molar-refractivity contribution < 1.29 is 24.5 Å². The lowest BCUT2D eigenvalue weighted by Crippen LogP contribution is -2.47. The van der Waals surface area contributed by atoms with Crippen LogP contribution in [-0.2, 0) is 4.84 Å². The Morgan fingerprint density at radius 1 is 1.25 bits per heavy atom. The summed E-state index contributed by atoms with van der Waals surface area (Å²) in [5, 5.41) is 25.6. The molecule has 0 aliphatic carbocycles. The van der Waals surface area contributed by atoms with Gasteiger partial charge in [-0.2, -0.15) is 0 Å². The Morgan fingerprint density at radius 2 is 1.79 bits per heavy atom. The molecule has 0 saturated carbocycles. The minimum Gasteiger partial charge on any atom is -0.569 e. The smallest absolute Gasteiger partial charge is 0.264 e. The van der Waals surface area contributed by atoms with Crippen LogP contribution in [0.2, 0.25) is 0 Å². The van der Waals surface area contributed by atoms with Crippen molar-refractivity contribution in [2.75, 3.05) is 19.9 Å². The molecule has 1 aliphatic rings. The third-order valence-electron chi connectivity index (χ3n) is 3.49. The Balaban J connectivity index is 2.04. The molecular weight excluding hydrogens is 316 g/mol. The molecule has 0 aromatic heterocycles. The van der Waals surface area contributed by atoms with E-state index in [2.05, 4.69) is 5.28 Å². The first-order valence-corrected chi connectivity index (χ1v) is 7.41. The Morgan fingerprint density at radius 3 is 2.25 bits per heavy atom. The van der Waals surface area contributed by atoms with Crippen molar-refractivity contribution in [2.24, 2.45) is 5.28 Å². The van der Waals surface area contributed by atoms with E-state index in [-0.39, 0.29) is 18.1 Å². The molecule has 2 amide bonds. The van der Waals surface area contributed by atoms with E-state index in [9.17, 15) is 14.8 Å². The SMILES string of the molecule is CC(C)(C)N(CCO)[N+]([O-])=NOCN1C(=O)c2ccccc2C1=O. The zero-order valence-electron chi connectivity index (χ0n) is 13.8. The quantitative estimate of drug-likeness (QED) is 0.361. The third kappa shape index (κ3) is 3.46. The molecule has 1 aliphatic heterocycles. The van der Waals surface area contributed by atoms with E-state index in [1.165, 1.54) is 5.01 Å². The third-order valence-corrected chi connectivity index (χ3v) is 3.49. The molecule has 9 heteroatoms. The molecule has 1 heterocycles. The largest absolute Gasteiger partial charge is 0.569 e. The van der Waals surface area contributed by atoms with Crippen LogP contribution in [0.1, 0.15) is 41.5 Å². The average Bonchev–Trinajstić information content (AvgIpc) is 2.76. The van der Waals surface area contributed by atoms with Gasteiger partial charge in [0.1, 0.15) is 6.54 Å². The van der Waals surface area contributed by atoms with Crippen LogP contribution < -0.4 is 0 Å². The number of aliphatic hydroxyl groups is 1. The van der Waals surface area contributed by atoms with Crippen LogP contribution in [0.25, 0.3) is 0 Å². The summed E-state index contributed by atoms with van der Waals surface area (Å²) in [5.41, 5.74) is -0.00398. The Labute approximate surface area is 139 Å². The van der Waals surface area contributed by atoms with Crippen molar-refractivity contribution in [1.29, 1.82) is 0 Å². The molecule has 9 nitrogen and oxygen atoms in total. The first kappa shape index (κ1) is 17.7. The second kappa shape index (κ2) is 6.83. The lowest BCUT2D eigenvalue weighted by atomic mass is 10.1. The number of rotatable bonds is 6. The molecule has 24 heavy (non-hydrogen) atoms. The molecule has 0 atom stereocenters. The van der Waals surface area contributed by atoms with Gasteiger partial charge in [-0.25, -0.2) is 4.90 Å². The van der Waals surface area contributed by atoms with Crippen LogP contribution in [0.5, 0.6) is 0 Å². The van der Waals surface area contributed by atoms with E-state index in [4.69, 9.17) is 9.94 Å². The molecule has 130 valence electrons. The van der Waals surface area contributed by atoms with Crippen LogP contribution >= 0.6 is 0 Å². The molecule has 0 bridgehead atoms. The van der Waals surface area contributed by atoms with Crippen molar-refractivity contribution in [1.82, 2.24) is 9.91 Å². The van der Waals surface area contributed by atoms with Gasteiger partial charge in [0.2, 0.25) is 12.0 Å². The van der Waals surface area contributed by atoms with Gasteiger partial charge in [-0.15, -0.1) is 5.01 Å². The summed E-state index contributed by atoms with van der Waals surface area (Å²) in [7, 11) is 0. The zero-order chi connectivity index (χ0) is 17.9. The van der Waals surface area contributed by atoms with Gasteiger partial charge in [0, 0.05) is 0 Å². The van der Waals surface area contributed by atoms with Gasteiger partial charge in [0.15, 0.2) is 0 Å². The number of hydrogen-bond donors (Lipinski definition) is 1. The Kier molecular flexibility index (Phi) is 5.03. The zero-order valence-corrected chi connectivity index (χ0v) is 13.8. The minimum atomic E-state index is -0.590. The van der Waals surface area contributed by atoms with Gasteiger partial charge in [-0.05, 0) is 32.9 Å². The van der Waals surface area contributed by atoms with Gasteiger partial charge < -0.3 is 15.2 Å². The molecule has 0 unspecified atom stereocenters. The number of hydrogen-bond acceptors (Lipinski definition) is 6. The predicted molar refractivity (Wildman–Crippen MR) is 82.5 cm³/mol. The number of amides is 2. The van der Waals surface area contributed by atoms with Crippen molar-refractivity contribution in [3.63, 3.8) is 0 Å². The second-order valence-electron chi connectivity index (χ2n) is 6.19. The van der Waals surface area contributed by atoms with E-state index < -0.39 is 24.1 Å². The standard InChI is InChI=1S/C15H20N4O5/c1-15(2,3)18(8-9-20)19(23)16-24-10-17-13(21)11-6-4-5-7-12(11)14(17)22/h4-7,20H,8-10H2,1-3H3. The summed E-state index contributed by atoms with van der Waals surface area (Å²) < 4.78 is 0. The molecule has 1 aromatic carbocycles. The fourth-order valence-corrected chi connectivity index (χ4v) is 2.31. The summed E-state index contributed by atoms with van der Waals surface area (Å²) in [6.45, 7) is 4.67. The first-order valence-electron chi connectivity index (χ1n) is 7.41. The molecule has 0 spiro atoms. The van der Waals surface area contributed by atoms with Crippen molar-refractivity contribution >= 4 is 11.8 Å². The first-order chi connectivity index (χ1) is 11.3. The van der Waals surface area contributed by atoms with Crippen LogP contribution in [-0.4, -0.2) is 57.2 Å². The number of hydrazine groups is 1. The summed E-state index contributed by atoms with van der Waals surface area (Å²) in [4.78, 5) is 30.2. The Bertz CT molecular complexity index is 633. The number of β-amino-alcohol motifs (C(OH)–C–C–N with tert-alkyl or cyclic N) is 1. The van der Waals surface area contributed by atoms with Crippen LogP contribution in [0, 0.1) is 5.21 Å². The minimum absolute atomic E-state index is 0.0624. The maximum absolute atomic E-state index is 12.1. The van der Waals surface area contributed by atoms with Crippen LogP contribution in [0.15, 0.2) is 29.5 Å². The highest BCUT2D eigenvalue weighted by molar-refractivity contribution is 6.21. The maximum atomic E-state index is 12.1. The fraction of sp³-hybridized carbons (Fsp3) is 0.467. The monoisotopic (exact) mass is 336 g/mol. The topological polar surface area (TPSA) is 109 Å². The van der Waals surface area contributed by atoms with E-state index in [0.717, 1.165) is 4.90 Å². The Hall–Kier alpha value is -2.68. The van der Waals surface area contributed by atoms with Crippen LogP contribution in [0.3, 0.4) is 0 Å². The molecular formula is C15H20N4O5. The molecule has 2 rings (SSSR count). The molecule has 0 fully saturated rings. The van der Waals surface area contributed by atoms with Gasteiger partial charge in [-0.1, -0.05) is 12.1 Å². The normalized spacial score (nSPS) is 14.8. The number of aliphatic hydroxyl groups excluding tert-OH is 1. The van der Waals surface area contributed by atoms with E-state index >= 15 is 0 Å². The number of benzene rings is 1. The number of nitrogens with zero attached hydrogens (tertiary/aromatic N) is 4. The van der Waals surface area contributed by atoms with E-state index in [1.807, 2.05) is 0 Å². The van der Waals surface area contributed by atoms with Gasteiger partial charge in [-0.3, -0.25) is 9.59 Å². The van der Waals surface area contributed by atoms with Crippen molar-refractivity contribution in [3.05, 3.63) is 40.6 Å². The van der Waals surface area contributed by atoms with Gasteiger partial charge in [0.25, 0.3) is 11.8 Å².